The standard InChI is InChI=1S/C26H31ClN2O5/c1-3-33-25(30)34-24-22(21-14-19(27)10-11-23(21)29-24)16-28-15-18-7-4-5-12-26(18,31)17-8-6-9-20(13-17)32-2/h6,8-11,13-14,18,28-29,31H,3-5,7,12,15-16H2,1-2H3. The predicted molar refractivity (Wildman–Crippen MR) is 132 cm³/mol. The zero-order valence-electron chi connectivity index (χ0n) is 19.5. The maximum Gasteiger partial charge on any atom is 0.515 e. The molecule has 2 atom stereocenters. The summed E-state index contributed by atoms with van der Waals surface area (Å²) >= 11 is 6.23. The molecule has 0 spiro atoms. The highest BCUT2D eigenvalue weighted by Crippen LogP contribution is 2.42. The van der Waals surface area contributed by atoms with Gasteiger partial charge in [0.05, 0.1) is 19.3 Å². The van der Waals surface area contributed by atoms with Gasteiger partial charge in [0.1, 0.15) is 5.75 Å². The molecule has 0 radical (unpaired) electrons. The topological polar surface area (TPSA) is 92.8 Å². The number of benzene rings is 2. The van der Waals surface area contributed by atoms with Crippen LogP contribution in [0.25, 0.3) is 10.9 Å². The Hall–Kier alpha value is -2.74. The average Bonchev–Trinajstić information content (AvgIpc) is 3.16. The number of H-pyrrole nitrogens is 1. The van der Waals surface area contributed by atoms with Gasteiger partial charge in [-0.05, 0) is 55.7 Å². The number of carbonyl (C=O) groups excluding carboxylic acids is 1. The third-order valence-electron chi connectivity index (χ3n) is 6.57. The summed E-state index contributed by atoms with van der Waals surface area (Å²) in [6.45, 7) is 2.98. The zero-order chi connectivity index (χ0) is 24.1. The number of carbonyl (C=O) groups is 1. The summed E-state index contributed by atoms with van der Waals surface area (Å²) in [7, 11) is 1.63. The second kappa shape index (κ2) is 10.7. The lowest BCUT2D eigenvalue weighted by atomic mass is 9.71. The number of methoxy groups -OCH3 is 1. The molecule has 34 heavy (non-hydrogen) atoms. The summed E-state index contributed by atoms with van der Waals surface area (Å²) < 4.78 is 15.7. The normalized spacial score (nSPS) is 20.3. The van der Waals surface area contributed by atoms with Gasteiger partial charge in [0.15, 0.2) is 0 Å². The van der Waals surface area contributed by atoms with Crippen molar-refractivity contribution in [2.75, 3.05) is 20.3 Å². The van der Waals surface area contributed by atoms with Crippen LogP contribution in [0, 0.1) is 5.92 Å². The van der Waals surface area contributed by atoms with Crippen molar-refractivity contribution in [3.05, 3.63) is 58.6 Å². The Labute approximate surface area is 204 Å². The van der Waals surface area contributed by atoms with Gasteiger partial charge in [0.2, 0.25) is 5.88 Å². The predicted octanol–water partition coefficient (Wildman–Crippen LogP) is 5.53. The number of fused-ring (bicyclic) bond motifs is 1. The Morgan fingerprint density at radius 2 is 2.12 bits per heavy atom. The molecule has 0 amide bonds. The van der Waals surface area contributed by atoms with Gasteiger partial charge in [-0.15, -0.1) is 0 Å². The Bertz CT molecular complexity index is 1150. The van der Waals surface area contributed by atoms with Gasteiger partial charge in [0, 0.05) is 40.5 Å². The largest absolute Gasteiger partial charge is 0.515 e. The third-order valence-corrected chi connectivity index (χ3v) is 6.81. The summed E-state index contributed by atoms with van der Waals surface area (Å²) in [6, 6.07) is 13.2. The fraction of sp³-hybridized carbons (Fsp3) is 0.423. The number of aromatic nitrogens is 1. The van der Waals surface area contributed by atoms with Crippen LogP contribution in [-0.4, -0.2) is 36.5 Å². The van der Waals surface area contributed by atoms with E-state index >= 15 is 0 Å². The van der Waals surface area contributed by atoms with E-state index < -0.39 is 11.8 Å². The minimum atomic E-state index is -0.937. The number of hydrogen-bond acceptors (Lipinski definition) is 6. The van der Waals surface area contributed by atoms with E-state index in [9.17, 15) is 9.90 Å². The van der Waals surface area contributed by atoms with Crippen molar-refractivity contribution in [2.45, 2.75) is 44.8 Å². The molecule has 7 nitrogen and oxygen atoms in total. The van der Waals surface area contributed by atoms with E-state index in [-0.39, 0.29) is 12.5 Å². The van der Waals surface area contributed by atoms with Crippen LogP contribution in [0.3, 0.4) is 0 Å². The van der Waals surface area contributed by atoms with Gasteiger partial charge in [-0.2, -0.15) is 0 Å². The van der Waals surface area contributed by atoms with Gasteiger partial charge in [0.25, 0.3) is 0 Å². The number of aromatic amines is 1. The molecule has 2 unspecified atom stereocenters. The van der Waals surface area contributed by atoms with Crippen molar-refractivity contribution >= 4 is 28.7 Å². The van der Waals surface area contributed by atoms with Crippen LogP contribution in [0.5, 0.6) is 11.6 Å². The lowest BCUT2D eigenvalue weighted by Crippen LogP contribution is -2.43. The van der Waals surface area contributed by atoms with E-state index in [1.54, 1.807) is 20.1 Å². The van der Waals surface area contributed by atoms with E-state index in [1.807, 2.05) is 36.4 Å². The van der Waals surface area contributed by atoms with Gasteiger partial charge in [-0.1, -0.05) is 36.6 Å². The highest BCUT2D eigenvalue weighted by Gasteiger charge is 2.40. The molecule has 182 valence electrons. The van der Waals surface area contributed by atoms with Crippen LogP contribution in [0.4, 0.5) is 4.79 Å². The number of halogens is 1. The van der Waals surface area contributed by atoms with Gasteiger partial charge in [-0.3, -0.25) is 0 Å². The molecule has 0 bridgehead atoms. The Morgan fingerprint density at radius 1 is 1.26 bits per heavy atom. The fourth-order valence-corrected chi connectivity index (χ4v) is 5.00. The van der Waals surface area contributed by atoms with Gasteiger partial charge < -0.3 is 29.6 Å². The zero-order valence-corrected chi connectivity index (χ0v) is 20.3. The highest BCUT2D eigenvalue weighted by molar-refractivity contribution is 6.31. The molecular formula is C26H31ClN2O5. The van der Waals surface area contributed by atoms with Crippen LogP contribution >= 0.6 is 11.6 Å². The van der Waals surface area contributed by atoms with Crippen LogP contribution in [0.2, 0.25) is 5.02 Å². The van der Waals surface area contributed by atoms with Gasteiger partial charge >= 0.3 is 6.16 Å². The maximum atomic E-state index is 12.0. The van der Waals surface area contributed by atoms with Crippen molar-refractivity contribution in [1.29, 1.82) is 0 Å². The fourth-order valence-electron chi connectivity index (χ4n) is 4.83. The first-order chi connectivity index (χ1) is 16.4. The third kappa shape index (κ3) is 5.17. The number of hydrogen-bond donors (Lipinski definition) is 3. The molecule has 2 aromatic carbocycles. The summed E-state index contributed by atoms with van der Waals surface area (Å²) in [4.78, 5) is 15.1. The van der Waals surface area contributed by atoms with E-state index in [0.717, 1.165) is 47.0 Å². The molecule has 3 aromatic rings. The number of rotatable bonds is 8. The first-order valence-corrected chi connectivity index (χ1v) is 12.0. The Morgan fingerprint density at radius 3 is 2.91 bits per heavy atom. The second-order valence-electron chi connectivity index (χ2n) is 8.64. The van der Waals surface area contributed by atoms with E-state index in [4.69, 9.17) is 25.8 Å². The molecule has 1 aliphatic carbocycles. The van der Waals surface area contributed by atoms with Crippen LogP contribution in [0.15, 0.2) is 42.5 Å². The van der Waals surface area contributed by atoms with Gasteiger partial charge in [-0.25, -0.2) is 4.79 Å². The SMILES string of the molecule is CCOC(=O)Oc1[nH]c2ccc(Cl)cc2c1CNCC1CCCCC1(O)c1cccc(OC)c1. The molecule has 8 heteroatoms. The smallest absolute Gasteiger partial charge is 0.497 e. The van der Waals surface area contributed by atoms with Crippen molar-refractivity contribution in [3.63, 3.8) is 0 Å². The summed E-state index contributed by atoms with van der Waals surface area (Å²) in [5, 5.41) is 16.7. The molecule has 3 N–H and O–H groups in total. The first-order valence-electron chi connectivity index (χ1n) is 11.7. The van der Waals surface area contributed by atoms with Crippen LogP contribution in [-0.2, 0) is 16.9 Å². The quantitative estimate of drug-likeness (QED) is 0.362. The van der Waals surface area contributed by atoms with Crippen molar-refractivity contribution < 1.29 is 24.1 Å². The highest BCUT2D eigenvalue weighted by atomic mass is 35.5. The summed E-state index contributed by atoms with van der Waals surface area (Å²) in [5.74, 6) is 1.09. The number of ether oxygens (including phenoxy) is 3. The lowest BCUT2D eigenvalue weighted by molar-refractivity contribution is -0.0538. The Balaban J connectivity index is 1.54. The Kier molecular flexibility index (Phi) is 7.66. The molecule has 0 saturated heterocycles. The molecule has 1 saturated carbocycles. The number of aliphatic hydroxyl groups is 1. The minimum absolute atomic E-state index is 0.0246. The molecule has 1 aliphatic rings. The summed E-state index contributed by atoms with van der Waals surface area (Å²) in [6.07, 6.45) is 2.89. The van der Waals surface area contributed by atoms with Crippen LogP contribution in [0.1, 0.15) is 43.7 Å². The number of nitrogens with one attached hydrogen (secondary N) is 2. The average molecular weight is 487 g/mol. The van der Waals surface area contributed by atoms with E-state index in [0.29, 0.717) is 30.4 Å². The molecule has 4 rings (SSSR count). The second-order valence-corrected chi connectivity index (χ2v) is 9.07. The summed E-state index contributed by atoms with van der Waals surface area (Å²) in [5.41, 5.74) is 1.54. The van der Waals surface area contributed by atoms with Crippen molar-refractivity contribution in [3.8, 4) is 11.6 Å². The van der Waals surface area contributed by atoms with Crippen molar-refractivity contribution in [2.24, 2.45) is 5.92 Å². The molecule has 1 aromatic heterocycles. The molecule has 0 aliphatic heterocycles. The van der Waals surface area contributed by atoms with E-state index in [2.05, 4.69) is 10.3 Å². The molecule has 1 fully saturated rings. The van der Waals surface area contributed by atoms with E-state index in [1.165, 1.54) is 0 Å². The van der Waals surface area contributed by atoms with Crippen LogP contribution < -0.4 is 14.8 Å². The molecule has 1 heterocycles. The minimum Gasteiger partial charge on any atom is -0.497 e. The lowest BCUT2D eigenvalue weighted by Gasteiger charge is -2.41. The van der Waals surface area contributed by atoms with Crippen molar-refractivity contribution in [1.82, 2.24) is 10.3 Å². The maximum absolute atomic E-state index is 12.0. The molecular weight excluding hydrogens is 456 g/mol. The monoisotopic (exact) mass is 486 g/mol. The first kappa shape index (κ1) is 24.4.